The number of rotatable bonds is 6. The number of carbonyl (C=O) groups excluding carboxylic acids is 2. The zero-order valence-corrected chi connectivity index (χ0v) is 18.3. The minimum atomic E-state index is -0.789. The predicted octanol–water partition coefficient (Wildman–Crippen LogP) is 4.35. The summed E-state index contributed by atoms with van der Waals surface area (Å²) in [4.78, 5) is 23.9. The van der Waals surface area contributed by atoms with Crippen LogP contribution in [0.25, 0.3) is 0 Å². The normalized spacial score (nSPS) is 16.0. The van der Waals surface area contributed by atoms with Crippen molar-refractivity contribution in [3.8, 4) is 11.5 Å². The molecule has 1 atom stereocenters. The van der Waals surface area contributed by atoms with Crippen LogP contribution in [-0.4, -0.2) is 19.0 Å². The predicted molar refractivity (Wildman–Crippen MR) is 115 cm³/mol. The van der Waals surface area contributed by atoms with Crippen molar-refractivity contribution in [3.05, 3.63) is 67.8 Å². The van der Waals surface area contributed by atoms with Gasteiger partial charge in [-0.15, -0.1) is 0 Å². The van der Waals surface area contributed by atoms with Crippen molar-refractivity contribution in [3.63, 3.8) is 0 Å². The Labute approximate surface area is 188 Å². The van der Waals surface area contributed by atoms with E-state index in [1.165, 1.54) is 7.11 Å². The van der Waals surface area contributed by atoms with Gasteiger partial charge in [-0.05, 0) is 36.8 Å². The number of benzene rings is 2. The smallest absolute Gasteiger partial charge is 0.319 e. The lowest BCUT2D eigenvalue weighted by molar-refractivity contribution is -0.115. The van der Waals surface area contributed by atoms with Crippen LogP contribution in [0.4, 0.5) is 4.79 Å². The van der Waals surface area contributed by atoms with Gasteiger partial charge in [0, 0.05) is 21.3 Å². The van der Waals surface area contributed by atoms with Gasteiger partial charge in [0.25, 0.3) is 0 Å². The highest BCUT2D eigenvalue weighted by atomic mass is 35.5. The lowest BCUT2D eigenvalue weighted by Gasteiger charge is -2.28. The van der Waals surface area contributed by atoms with Crippen LogP contribution < -0.4 is 25.8 Å². The average Bonchev–Trinajstić information content (AvgIpc) is 2.66. The summed E-state index contributed by atoms with van der Waals surface area (Å²) < 4.78 is 11.3. The number of ether oxygens (including phenoxy) is 2. The summed E-state index contributed by atoms with van der Waals surface area (Å²) in [5.74, 6) is -0.0647. The molecule has 158 valence electrons. The minimum absolute atomic E-state index is 0.126. The lowest BCUT2D eigenvalue weighted by Crippen LogP contribution is -2.46. The number of amides is 3. The third kappa shape index (κ3) is 4.59. The monoisotopic (exact) mass is 469 g/mol. The van der Waals surface area contributed by atoms with Crippen molar-refractivity contribution in [2.75, 3.05) is 7.11 Å². The molecule has 7 nitrogen and oxygen atoms in total. The summed E-state index contributed by atoms with van der Waals surface area (Å²) >= 11 is 18.5. The Morgan fingerprint density at radius 1 is 1.17 bits per heavy atom. The number of hydrogen-bond acceptors (Lipinski definition) is 4. The number of hydrogen-bond donors (Lipinski definition) is 3. The lowest BCUT2D eigenvalue weighted by atomic mass is 9.94. The minimum Gasteiger partial charge on any atom is -0.493 e. The molecule has 3 amide bonds. The van der Waals surface area contributed by atoms with Gasteiger partial charge in [0.2, 0.25) is 5.91 Å². The van der Waals surface area contributed by atoms with Crippen molar-refractivity contribution in [1.82, 2.24) is 10.6 Å². The van der Waals surface area contributed by atoms with Crippen LogP contribution in [-0.2, 0) is 11.4 Å². The molecule has 30 heavy (non-hydrogen) atoms. The molecular formula is C20H18Cl3N3O4. The second-order valence-electron chi connectivity index (χ2n) is 6.49. The second kappa shape index (κ2) is 9.04. The summed E-state index contributed by atoms with van der Waals surface area (Å²) in [6.07, 6.45) is 0. The number of urea groups is 1. The molecule has 0 saturated heterocycles. The maximum atomic E-state index is 11.9. The van der Waals surface area contributed by atoms with Gasteiger partial charge in [-0.2, -0.15) is 0 Å². The van der Waals surface area contributed by atoms with E-state index in [0.29, 0.717) is 32.6 Å². The second-order valence-corrected chi connectivity index (χ2v) is 7.74. The molecule has 0 radical (unpaired) electrons. The van der Waals surface area contributed by atoms with Crippen LogP contribution >= 0.6 is 34.8 Å². The standard InChI is InChI=1S/C20H18Cl3N3O4/c1-9-16(19(24)27)17(26-20(28)25-9)11-5-14(23)18(15(6-11)29-2)30-8-10-3-4-12(21)7-13(10)22/h3-7,17H,8H2,1-2H3,(H2,24,27)(H2,25,26,28)/t17-/m1/s1. The molecule has 1 aliphatic rings. The Kier molecular flexibility index (Phi) is 6.65. The zero-order valence-electron chi connectivity index (χ0n) is 16.0. The van der Waals surface area contributed by atoms with Crippen LogP contribution in [0.2, 0.25) is 15.1 Å². The Balaban J connectivity index is 1.95. The van der Waals surface area contributed by atoms with Gasteiger partial charge in [-0.25, -0.2) is 4.79 Å². The van der Waals surface area contributed by atoms with E-state index in [1.807, 2.05) is 0 Å². The molecule has 2 aromatic carbocycles. The highest BCUT2D eigenvalue weighted by Gasteiger charge is 2.31. The molecule has 0 aromatic heterocycles. The largest absolute Gasteiger partial charge is 0.493 e. The SMILES string of the molecule is COc1cc([C@H]2NC(=O)NC(C)=C2C(N)=O)cc(Cl)c1OCc1ccc(Cl)cc1Cl. The van der Waals surface area contributed by atoms with E-state index in [4.69, 9.17) is 50.0 Å². The van der Waals surface area contributed by atoms with E-state index in [1.54, 1.807) is 37.3 Å². The van der Waals surface area contributed by atoms with Crippen molar-refractivity contribution in [2.45, 2.75) is 19.6 Å². The summed E-state index contributed by atoms with van der Waals surface area (Å²) in [5.41, 5.74) is 7.31. The molecule has 4 N–H and O–H groups in total. The average molecular weight is 471 g/mol. The maximum absolute atomic E-state index is 11.9. The summed E-state index contributed by atoms with van der Waals surface area (Å²) in [7, 11) is 1.45. The van der Waals surface area contributed by atoms with E-state index in [9.17, 15) is 9.59 Å². The highest BCUT2D eigenvalue weighted by molar-refractivity contribution is 6.35. The fourth-order valence-electron chi connectivity index (χ4n) is 3.11. The van der Waals surface area contributed by atoms with Crippen molar-refractivity contribution >= 4 is 46.7 Å². The molecule has 0 unspecified atom stereocenters. The molecule has 1 heterocycles. The molecule has 0 bridgehead atoms. The molecule has 2 aromatic rings. The number of allylic oxidation sites excluding steroid dienone is 1. The van der Waals surface area contributed by atoms with E-state index in [2.05, 4.69) is 10.6 Å². The first kappa shape index (κ1) is 22.1. The fraction of sp³-hybridized carbons (Fsp3) is 0.200. The first-order valence-electron chi connectivity index (χ1n) is 8.73. The third-order valence-corrected chi connectivity index (χ3v) is 5.37. The first-order valence-corrected chi connectivity index (χ1v) is 9.87. The van der Waals surface area contributed by atoms with Gasteiger partial charge in [-0.3, -0.25) is 4.79 Å². The number of primary amides is 1. The number of nitrogens with two attached hydrogens (primary N) is 1. The molecule has 3 rings (SSSR count). The van der Waals surface area contributed by atoms with Gasteiger partial charge in [0.1, 0.15) is 6.61 Å². The number of methoxy groups -OCH3 is 1. The van der Waals surface area contributed by atoms with Gasteiger partial charge < -0.3 is 25.8 Å². The van der Waals surface area contributed by atoms with E-state index < -0.39 is 18.0 Å². The van der Waals surface area contributed by atoms with Gasteiger partial charge in [-0.1, -0.05) is 40.9 Å². The fourth-order valence-corrected chi connectivity index (χ4v) is 3.84. The third-order valence-electron chi connectivity index (χ3n) is 4.51. The summed E-state index contributed by atoms with van der Waals surface area (Å²) in [6.45, 7) is 1.72. The molecule has 0 saturated carbocycles. The van der Waals surface area contributed by atoms with E-state index >= 15 is 0 Å². The van der Waals surface area contributed by atoms with Crippen molar-refractivity contribution in [2.24, 2.45) is 5.73 Å². The quantitative estimate of drug-likeness (QED) is 0.584. The Hall–Kier alpha value is -2.61. The van der Waals surface area contributed by atoms with E-state index in [-0.39, 0.29) is 23.0 Å². The van der Waals surface area contributed by atoms with Crippen molar-refractivity contribution in [1.29, 1.82) is 0 Å². The molecule has 1 aliphatic heterocycles. The van der Waals surface area contributed by atoms with Crippen LogP contribution in [0, 0.1) is 0 Å². The zero-order chi connectivity index (χ0) is 22.0. The van der Waals surface area contributed by atoms with Crippen LogP contribution in [0.15, 0.2) is 41.6 Å². The van der Waals surface area contributed by atoms with Gasteiger partial charge in [0.05, 0.1) is 23.7 Å². The highest BCUT2D eigenvalue weighted by Crippen LogP contribution is 2.40. The number of nitrogens with one attached hydrogen (secondary N) is 2. The summed E-state index contributed by atoms with van der Waals surface area (Å²) in [5, 5.41) is 6.40. The van der Waals surface area contributed by atoms with Gasteiger partial charge >= 0.3 is 6.03 Å². The maximum Gasteiger partial charge on any atom is 0.319 e. The molecule has 10 heteroatoms. The van der Waals surface area contributed by atoms with E-state index in [0.717, 1.165) is 0 Å². The summed E-state index contributed by atoms with van der Waals surface area (Å²) in [6, 6.07) is 7.01. The van der Waals surface area contributed by atoms with Crippen LogP contribution in [0.1, 0.15) is 24.1 Å². The van der Waals surface area contributed by atoms with Crippen LogP contribution in [0.5, 0.6) is 11.5 Å². The molecule has 0 fully saturated rings. The number of carbonyl (C=O) groups is 2. The molecule has 0 spiro atoms. The van der Waals surface area contributed by atoms with Crippen molar-refractivity contribution < 1.29 is 19.1 Å². The van der Waals surface area contributed by atoms with Gasteiger partial charge in [0.15, 0.2) is 11.5 Å². The van der Waals surface area contributed by atoms with Crippen LogP contribution in [0.3, 0.4) is 0 Å². The Morgan fingerprint density at radius 2 is 1.90 bits per heavy atom. The molecular weight excluding hydrogens is 453 g/mol. The number of halogens is 3. The topological polar surface area (TPSA) is 103 Å². The Bertz CT molecular complexity index is 1060. The molecule has 0 aliphatic carbocycles. The Morgan fingerprint density at radius 3 is 2.53 bits per heavy atom. The first-order chi connectivity index (χ1) is 14.2.